The van der Waals surface area contributed by atoms with E-state index in [1.54, 1.807) is 12.1 Å². The molecule has 1 aromatic heterocycles. The molecule has 0 radical (unpaired) electrons. The molecule has 0 aliphatic carbocycles. The summed E-state index contributed by atoms with van der Waals surface area (Å²) >= 11 is 0. The van der Waals surface area contributed by atoms with E-state index in [4.69, 9.17) is 0 Å². The summed E-state index contributed by atoms with van der Waals surface area (Å²) < 4.78 is 15.4. The Kier molecular flexibility index (Phi) is 3.97. The van der Waals surface area contributed by atoms with E-state index >= 15 is 0 Å². The van der Waals surface area contributed by atoms with Crippen molar-refractivity contribution in [1.82, 2.24) is 14.9 Å². The zero-order chi connectivity index (χ0) is 13.1. The molecule has 0 aliphatic rings. The molecular formula is C14H20FN3. The molecule has 4 heteroatoms. The summed E-state index contributed by atoms with van der Waals surface area (Å²) in [7, 11) is 0. The zero-order valence-corrected chi connectivity index (χ0v) is 11.2. The second-order valence-electron chi connectivity index (χ2n) is 4.52. The molecule has 2 rings (SSSR count). The van der Waals surface area contributed by atoms with Crippen molar-refractivity contribution >= 4 is 11.0 Å². The predicted molar refractivity (Wildman–Crippen MR) is 72.1 cm³/mol. The first-order valence-corrected chi connectivity index (χ1v) is 6.56. The summed E-state index contributed by atoms with van der Waals surface area (Å²) in [5.41, 5.74) is 1.73. The van der Waals surface area contributed by atoms with Crippen LogP contribution in [0.5, 0.6) is 0 Å². The Morgan fingerprint density at radius 2 is 2.17 bits per heavy atom. The van der Waals surface area contributed by atoms with Gasteiger partial charge in [-0.15, -0.1) is 0 Å². The predicted octanol–water partition coefficient (Wildman–Crippen LogP) is 3.26. The number of aromatic nitrogens is 2. The fraction of sp³-hybridized carbons (Fsp3) is 0.500. The smallest absolute Gasteiger partial charge is 0.126 e. The van der Waals surface area contributed by atoms with Gasteiger partial charge in [0.15, 0.2) is 0 Å². The third kappa shape index (κ3) is 2.38. The molecule has 0 aliphatic heterocycles. The minimum absolute atomic E-state index is 0.181. The maximum Gasteiger partial charge on any atom is 0.126 e. The lowest BCUT2D eigenvalue weighted by atomic mass is 10.3. The molecular weight excluding hydrogens is 229 g/mol. The van der Waals surface area contributed by atoms with E-state index in [9.17, 15) is 4.39 Å². The first-order valence-electron chi connectivity index (χ1n) is 6.56. The number of fused-ring (bicyclic) bond motifs is 1. The van der Waals surface area contributed by atoms with E-state index in [2.05, 4.69) is 35.6 Å². The highest BCUT2D eigenvalue weighted by Gasteiger charge is 2.15. The maximum absolute atomic E-state index is 13.3. The van der Waals surface area contributed by atoms with Crippen LogP contribution in [0.1, 0.15) is 39.1 Å². The normalized spacial score (nSPS) is 13.1. The molecule has 0 saturated heterocycles. The van der Waals surface area contributed by atoms with E-state index in [0.29, 0.717) is 0 Å². The SMILES string of the molecule is CCCNC(C)c1nc2ccc(F)cc2n1CC. The van der Waals surface area contributed by atoms with Crippen LogP contribution in [-0.2, 0) is 6.54 Å². The van der Waals surface area contributed by atoms with Crippen LogP contribution in [0, 0.1) is 5.82 Å². The van der Waals surface area contributed by atoms with Crippen molar-refractivity contribution in [2.24, 2.45) is 0 Å². The summed E-state index contributed by atoms with van der Waals surface area (Å²) in [5.74, 6) is 0.768. The Morgan fingerprint density at radius 3 is 2.83 bits per heavy atom. The van der Waals surface area contributed by atoms with Crippen molar-refractivity contribution < 1.29 is 4.39 Å². The van der Waals surface area contributed by atoms with Crippen molar-refractivity contribution in [3.63, 3.8) is 0 Å². The number of nitrogens with zero attached hydrogens (tertiary/aromatic N) is 2. The van der Waals surface area contributed by atoms with Crippen LogP contribution in [0.3, 0.4) is 0 Å². The second kappa shape index (κ2) is 5.48. The van der Waals surface area contributed by atoms with Gasteiger partial charge in [-0.2, -0.15) is 0 Å². The van der Waals surface area contributed by atoms with Gasteiger partial charge in [0.05, 0.1) is 17.1 Å². The number of benzene rings is 1. The monoisotopic (exact) mass is 249 g/mol. The number of nitrogens with one attached hydrogen (secondary N) is 1. The third-order valence-corrected chi connectivity index (χ3v) is 3.14. The van der Waals surface area contributed by atoms with E-state index < -0.39 is 0 Å². The Hall–Kier alpha value is -1.42. The highest BCUT2D eigenvalue weighted by Crippen LogP contribution is 2.21. The largest absolute Gasteiger partial charge is 0.327 e. The molecule has 0 fully saturated rings. The molecule has 98 valence electrons. The van der Waals surface area contributed by atoms with Crippen molar-refractivity contribution in [2.75, 3.05) is 6.54 Å². The first-order chi connectivity index (χ1) is 8.67. The van der Waals surface area contributed by atoms with Gasteiger partial charge in [0.25, 0.3) is 0 Å². The molecule has 2 aromatic rings. The average Bonchev–Trinajstić information content (AvgIpc) is 2.73. The summed E-state index contributed by atoms with van der Waals surface area (Å²) in [6.45, 7) is 8.05. The topological polar surface area (TPSA) is 29.9 Å². The molecule has 0 saturated carbocycles. The first kappa shape index (κ1) is 13.0. The van der Waals surface area contributed by atoms with Crippen molar-refractivity contribution in [3.05, 3.63) is 29.8 Å². The van der Waals surface area contributed by atoms with Gasteiger partial charge in [0.1, 0.15) is 11.6 Å². The van der Waals surface area contributed by atoms with Crippen molar-refractivity contribution in [2.45, 2.75) is 39.8 Å². The van der Waals surface area contributed by atoms with Crippen LogP contribution in [0.15, 0.2) is 18.2 Å². The third-order valence-electron chi connectivity index (χ3n) is 3.14. The molecule has 1 unspecified atom stereocenters. The molecule has 1 aromatic carbocycles. The lowest BCUT2D eigenvalue weighted by Crippen LogP contribution is -2.22. The van der Waals surface area contributed by atoms with Gasteiger partial charge in [-0.25, -0.2) is 9.37 Å². The number of rotatable bonds is 5. The maximum atomic E-state index is 13.3. The Labute approximate surface area is 107 Å². The van der Waals surface area contributed by atoms with E-state index in [1.165, 1.54) is 6.07 Å². The number of aryl methyl sites for hydroxylation is 1. The highest BCUT2D eigenvalue weighted by molar-refractivity contribution is 5.76. The van der Waals surface area contributed by atoms with E-state index in [-0.39, 0.29) is 11.9 Å². The van der Waals surface area contributed by atoms with Gasteiger partial charge in [0.2, 0.25) is 0 Å². The Balaban J connectivity index is 2.43. The van der Waals surface area contributed by atoms with Gasteiger partial charge >= 0.3 is 0 Å². The molecule has 1 N–H and O–H groups in total. The van der Waals surface area contributed by atoms with Gasteiger partial charge in [-0.1, -0.05) is 6.92 Å². The number of hydrogen-bond donors (Lipinski definition) is 1. The average molecular weight is 249 g/mol. The van der Waals surface area contributed by atoms with Gasteiger partial charge in [0, 0.05) is 6.54 Å². The van der Waals surface area contributed by atoms with Gasteiger partial charge in [-0.05, 0) is 45.0 Å². The minimum Gasteiger partial charge on any atom is -0.327 e. The molecule has 1 atom stereocenters. The van der Waals surface area contributed by atoms with Crippen LogP contribution in [-0.4, -0.2) is 16.1 Å². The highest BCUT2D eigenvalue weighted by atomic mass is 19.1. The van der Waals surface area contributed by atoms with Crippen LogP contribution >= 0.6 is 0 Å². The summed E-state index contributed by atoms with van der Waals surface area (Å²) in [6, 6.07) is 4.94. The van der Waals surface area contributed by atoms with Crippen molar-refractivity contribution in [1.29, 1.82) is 0 Å². The second-order valence-corrected chi connectivity index (χ2v) is 4.52. The fourth-order valence-corrected chi connectivity index (χ4v) is 2.23. The van der Waals surface area contributed by atoms with Crippen molar-refractivity contribution in [3.8, 4) is 0 Å². The summed E-state index contributed by atoms with van der Waals surface area (Å²) in [6.07, 6.45) is 1.09. The fourth-order valence-electron chi connectivity index (χ4n) is 2.23. The molecule has 0 bridgehead atoms. The lowest BCUT2D eigenvalue weighted by Gasteiger charge is -2.14. The van der Waals surface area contributed by atoms with Gasteiger partial charge in [-0.3, -0.25) is 0 Å². The molecule has 18 heavy (non-hydrogen) atoms. The minimum atomic E-state index is -0.210. The molecule has 1 heterocycles. The number of hydrogen-bond acceptors (Lipinski definition) is 2. The molecule has 0 spiro atoms. The Bertz CT molecular complexity index is 533. The van der Waals surface area contributed by atoms with Crippen LogP contribution < -0.4 is 5.32 Å². The standard InChI is InChI=1S/C14H20FN3/c1-4-8-16-10(3)14-17-12-7-6-11(15)9-13(12)18(14)5-2/h6-7,9-10,16H,4-5,8H2,1-3H3. The van der Waals surface area contributed by atoms with Crippen LogP contribution in [0.25, 0.3) is 11.0 Å². The number of imidazole rings is 1. The zero-order valence-electron chi connectivity index (χ0n) is 11.2. The quantitative estimate of drug-likeness (QED) is 0.881. The number of halogens is 1. The van der Waals surface area contributed by atoms with E-state index in [0.717, 1.165) is 36.4 Å². The van der Waals surface area contributed by atoms with Crippen LogP contribution in [0.4, 0.5) is 4.39 Å². The lowest BCUT2D eigenvalue weighted by molar-refractivity contribution is 0.521. The van der Waals surface area contributed by atoms with E-state index in [1.807, 2.05) is 0 Å². The Morgan fingerprint density at radius 1 is 1.39 bits per heavy atom. The molecule has 0 amide bonds. The molecule has 3 nitrogen and oxygen atoms in total. The summed E-state index contributed by atoms with van der Waals surface area (Å²) in [4.78, 5) is 4.61. The van der Waals surface area contributed by atoms with Gasteiger partial charge < -0.3 is 9.88 Å². The van der Waals surface area contributed by atoms with Crippen LogP contribution in [0.2, 0.25) is 0 Å². The summed E-state index contributed by atoms with van der Waals surface area (Å²) in [5, 5.41) is 3.42.